The Morgan fingerprint density at radius 3 is 1.16 bits per heavy atom. The predicted molar refractivity (Wildman–Crippen MR) is 87.4 cm³/mol. The first kappa shape index (κ1) is 19.0. The number of nitrogens with one attached hydrogen (secondary N) is 1. The second-order valence-electron chi connectivity index (χ2n) is 7.30. The third-order valence-electron chi connectivity index (χ3n) is 3.85. The molecule has 1 radical (unpaired) electrons. The van der Waals surface area contributed by atoms with E-state index in [1.165, 1.54) is 77.0 Å². The first-order chi connectivity index (χ1) is 9.06. The van der Waals surface area contributed by atoms with E-state index in [1.54, 1.807) is 0 Å². The lowest BCUT2D eigenvalue weighted by Crippen LogP contribution is -2.03. The summed E-state index contributed by atoms with van der Waals surface area (Å²) in [5.74, 6) is 0. The Morgan fingerprint density at radius 2 is 0.842 bits per heavy atom. The number of hydrogen-bond donors (Lipinski definition) is 0. The van der Waals surface area contributed by atoms with Gasteiger partial charge in [0.2, 0.25) is 0 Å². The lowest BCUT2D eigenvalue weighted by Gasteiger charge is -2.17. The molecule has 0 spiro atoms. The molecule has 0 saturated carbocycles. The van der Waals surface area contributed by atoms with Crippen molar-refractivity contribution < 1.29 is 0 Å². The van der Waals surface area contributed by atoms with Crippen molar-refractivity contribution in [3.63, 3.8) is 0 Å². The van der Waals surface area contributed by atoms with Crippen molar-refractivity contribution in [2.75, 3.05) is 6.54 Å². The van der Waals surface area contributed by atoms with Gasteiger partial charge >= 0.3 is 0 Å². The van der Waals surface area contributed by atoms with E-state index in [0.717, 1.165) is 6.42 Å². The van der Waals surface area contributed by atoms with E-state index in [9.17, 15) is 0 Å². The van der Waals surface area contributed by atoms with E-state index in [2.05, 4.69) is 20.8 Å². The van der Waals surface area contributed by atoms with E-state index in [1.807, 2.05) is 0 Å². The van der Waals surface area contributed by atoms with Crippen LogP contribution >= 0.6 is 0 Å². The standard InChI is InChI=1S/C18H38N/c1-18(2,3)16-14-12-10-8-6-4-5-7-9-11-13-15-17-19/h19H,4-17H2,1-3H3. The fourth-order valence-corrected chi connectivity index (χ4v) is 2.55. The first-order valence-electron chi connectivity index (χ1n) is 8.71. The van der Waals surface area contributed by atoms with Gasteiger partial charge in [-0.3, -0.25) is 5.73 Å². The van der Waals surface area contributed by atoms with Crippen molar-refractivity contribution in [3.05, 3.63) is 0 Å². The summed E-state index contributed by atoms with van der Waals surface area (Å²) in [6.45, 7) is 7.65. The molecule has 1 nitrogen and oxygen atoms in total. The molecular weight excluding hydrogens is 230 g/mol. The molecule has 0 aromatic heterocycles. The molecule has 0 atom stereocenters. The topological polar surface area (TPSA) is 23.8 Å². The fourth-order valence-electron chi connectivity index (χ4n) is 2.55. The summed E-state index contributed by atoms with van der Waals surface area (Å²) >= 11 is 0. The van der Waals surface area contributed by atoms with Crippen LogP contribution in [0.25, 0.3) is 0 Å². The maximum atomic E-state index is 7.08. The molecule has 0 aliphatic rings. The van der Waals surface area contributed by atoms with Crippen LogP contribution in [0.1, 0.15) is 104 Å². The van der Waals surface area contributed by atoms with Crippen LogP contribution in [0, 0.1) is 5.41 Å². The summed E-state index contributed by atoms with van der Waals surface area (Å²) < 4.78 is 0. The quantitative estimate of drug-likeness (QED) is 0.346. The van der Waals surface area contributed by atoms with Gasteiger partial charge < -0.3 is 0 Å². The third kappa shape index (κ3) is 18.0. The van der Waals surface area contributed by atoms with Gasteiger partial charge in [-0.05, 0) is 18.3 Å². The van der Waals surface area contributed by atoms with Gasteiger partial charge in [0.25, 0.3) is 0 Å². The molecule has 115 valence electrons. The molecule has 0 amide bonds. The largest absolute Gasteiger partial charge is 0.258 e. The van der Waals surface area contributed by atoms with Crippen LogP contribution in [-0.4, -0.2) is 6.54 Å². The summed E-state index contributed by atoms with van der Waals surface area (Å²) in [5, 5.41) is 0. The average Bonchev–Trinajstić information content (AvgIpc) is 2.34. The minimum absolute atomic E-state index is 0.528. The van der Waals surface area contributed by atoms with Gasteiger partial charge in [0.05, 0.1) is 0 Å². The fraction of sp³-hybridized carbons (Fsp3) is 1.00. The van der Waals surface area contributed by atoms with Crippen molar-refractivity contribution >= 4 is 0 Å². The Balaban J connectivity index is 2.99. The highest BCUT2D eigenvalue weighted by Gasteiger charge is 2.08. The van der Waals surface area contributed by atoms with Crippen LogP contribution < -0.4 is 5.73 Å². The molecule has 0 aromatic carbocycles. The molecule has 0 aromatic rings. The zero-order chi connectivity index (χ0) is 14.4. The second-order valence-corrected chi connectivity index (χ2v) is 7.30. The van der Waals surface area contributed by atoms with Gasteiger partial charge in [-0.1, -0.05) is 91.4 Å². The lowest BCUT2D eigenvalue weighted by atomic mass is 9.89. The van der Waals surface area contributed by atoms with E-state index in [-0.39, 0.29) is 0 Å². The molecule has 19 heavy (non-hydrogen) atoms. The van der Waals surface area contributed by atoms with Gasteiger partial charge in [-0.15, -0.1) is 0 Å². The molecular formula is C18H38N. The molecule has 1 N–H and O–H groups in total. The highest BCUT2D eigenvalue weighted by molar-refractivity contribution is 4.61. The predicted octanol–water partition coefficient (Wildman–Crippen LogP) is 6.39. The summed E-state index contributed by atoms with van der Waals surface area (Å²) in [6, 6.07) is 0. The normalized spacial score (nSPS) is 12.0. The van der Waals surface area contributed by atoms with Crippen molar-refractivity contribution in [3.8, 4) is 0 Å². The Morgan fingerprint density at radius 1 is 0.526 bits per heavy atom. The molecule has 0 aliphatic carbocycles. The Bertz CT molecular complexity index is 169. The molecule has 0 fully saturated rings. The molecule has 0 bridgehead atoms. The third-order valence-corrected chi connectivity index (χ3v) is 3.85. The van der Waals surface area contributed by atoms with Gasteiger partial charge in [-0.2, -0.15) is 0 Å². The van der Waals surface area contributed by atoms with Crippen molar-refractivity contribution in [1.82, 2.24) is 5.73 Å². The maximum absolute atomic E-state index is 7.08. The van der Waals surface area contributed by atoms with Crippen LogP contribution in [0.5, 0.6) is 0 Å². The van der Waals surface area contributed by atoms with E-state index < -0.39 is 0 Å². The average molecular weight is 269 g/mol. The SMILES string of the molecule is CC(C)(C)CCCCCCCCCCCCCC[NH]. The minimum atomic E-state index is 0.528. The molecule has 0 aliphatic heterocycles. The highest BCUT2D eigenvalue weighted by Crippen LogP contribution is 2.22. The molecule has 0 unspecified atom stereocenters. The van der Waals surface area contributed by atoms with Gasteiger partial charge in [0, 0.05) is 6.54 Å². The summed E-state index contributed by atoms with van der Waals surface area (Å²) in [7, 11) is 0. The Hall–Kier alpha value is -0.0400. The number of hydrogen-bond acceptors (Lipinski definition) is 0. The molecule has 0 saturated heterocycles. The van der Waals surface area contributed by atoms with Gasteiger partial charge in [0.15, 0.2) is 0 Å². The highest BCUT2D eigenvalue weighted by atomic mass is 14.5. The smallest absolute Gasteiger partial charge is 0.00997 e. The maximum Gasteiger partial charge on any atom is 0.00997 e. The summed E-state index contributed by atoms with van der Waals surface area (Å²) in [5.41, 5.74) is 7.61. The van der Waals surface area contributed by atoms with E-state index in [4.69, 9.17) is 5.73 Å². The molecule has 1 heteroatoms. The number of unbranched alkanes of at least 4 members (excludes halogenated alkanes) is 11. The van der Waals surface area contributed by atoms with Crippen LogP contribution in [0.3, 0.4) is 0 Å². The van der Waals surface area contributed by atoms with Gasteiger partial charge in [-0.25, -0.2) is 0 Å². The van der Waals surface area contributed by atoms with Crippen molar-refractivity contribution in [2.45, 2.75) is 104 Å². The first-order valence-corrected chi connectivity index (χ1v) is 8.71. The van der Waals surface area contributed by atoms with Crippen molar-refractivity contribution in [1.29, 1.82) is 0 Å². The molecule has 0 heterocycles. The minimum Gasteiger partial charge on any atom is -0.258 e. The second kappa shape index (κ2) is 13.0. The van der Waals surface area contributed by atoms with E-state index >= 15 is 0 Å². The lowest BCUT2D eigenvalue weighted by molar-refractivity contribution is 0.356. The summed E-state index contributed by atoms with van der Waals surface area (Å²) in [6.07, 6.45) is 18.0. The van der Waals surface area contributed by atoms with Crippen LogP contribution in [0.2, 0.25) is 0 Å². The van der Waals surface area contributed by atoms with Crippen LogP contribution in [-0.2, 0) is 0 Å². The van der Waals surface area contributed by atoms with Crippen LogP contribution in [0.4, 0.5) is 0 Å². The molecule has 0 rings (SSSR count). The Labute approximate surface area is 122 Å². The van der Waals surface area contributed by atoms with E-state index in [0.29, 0.717) is 12.0 Å². The zero-order valence-corrected chi connectivity index (χ0v) is 13.9. The monoisotopic (exact) mass is 268 g/mol. The van der Waals surface area contributed by atoms with Crippen LogP contribution in [0.15, 0.2) is 0 Å². The Kier molecular flexibility index (Phi) is 12.9. The van der Waals surface area contributed by atoms with Crippen molar-refractivity contribution in [2.24, 2.45) is 5.41 Å². The number of rotatable bonds is 13. The zero-order valence-electron chi connectivity index (χ0n) is 13.9. The van der Waals surface area contributed by atoms with Gasteiger partial charge in [0.1, 0.15) is 0 Å². The summed E-state index contributed by atoms with van der Waals surface area (Å²) in [4.78, 5) is 0.